The van der Waals surface area contributed by atoms with E-state index in [0.717, 1.165) is 24.6 Å². The topological polar surface area (TPSA) is 127 Å². The summed E-state index contributed by atoms with van der Waals surface area (Å²) in [6.07, 6.45) is 2.88. The highest BCUT2D eigenvalue weighted by Crippen LogP contribution is 2.30. The number of nitrogens with zero attached hydrogens (tertiary/aromatic N) is 2. The van der Waals surface area contributed by atoms with Crippen molar-refractivity contribution in [1.29, 1.82) is 0 Å². The summed E-state index contributed by atoms with van der Waals surface area (Å²) in [5, 5.41) is 2.90. The van der Waals surface area contributed by atoms with E-state index in [4.69, 9.17) is 4.74 Å². The van der Waals surface area contributed by atoms with Crippen LogP contribution in [0.15, 0.2) is 47.4 Å². The summed E-state index contributed by atoms with van der Waals surface area (Å²) in [7, 11) is -3.70. The van der Waals surface area contributed by atoms with E-state index in [-0.39, 0.29) is 22.6 Å². The average Bonchev–Trinajstić information content (AvgIpc) is 3.33. The van der Waals surface area contributed by atoms with Gasteiger partial charge < -0.3 is 10.1 Å². The number of benzene rings is 2. The molecule has 4 rings (SSSR count). The number of esters is 1. The third-order valence-electron chi connectivity index (χ3n) is 5.98. The van der Waals surface area contributed by atoms with Crippen molar-refractivity contribution in [3.8, 4) is 0 Å². The number of hydrogen-bond acceptors (Lipinski definition) is 8. The zero-order valence-corrected chi connectivity index (χ0v) is 20.3. The number of carbonyl (C=O) groups excluding carboxylic acids is 2. The Labute approximate surface area is 202 Å². The Hall–Kier alpha value is -2.89. The molecule has 2 N–H and O–H groups in total. The molecule has 0 saturated heterocycles. The van der Waals surface area contributed by atoms with Crippen LogP contribution in [0.3, 0.4) is 0 Å². The van der Waals surface area contributed by atoms with Gasteiger partial charge in [0.2, 0.25) is 15.9 Å². The molecule has 1 fully saturated rings. The van der Waals surface area contributed by atoms with Gasteiger partial charge in [-0.05, 0) is 74.9 Å². The minimum atomic E-state index is -3.70. The number of anilines is 1. The summed E-state index contributed by atoms with van der Waals surface area (Å²) in [6, 6.07) is 11.5. The Morgan fingerprint density at radius 2 is 1.79 bits per heavy atom. The van der Waals surface area contributed by atoms with Crippen molar-refractivity contribution in [1.82, 2.24) is 13.5 Å². The lowest BCUT2D eigenvalue weighted by molar-refractivity contribution is -0.121. The number of fused-ring (bicyclic) bond motifs is 1. The second-order valence-corrected chi connectivity index (χ2v) is 10.5. The number of sulfonamides is 1. The lowest BCUT2D eigenvalue weighted by Gasteiger charge is -2.28. The van der Waals surface area contributed by atoms with Crippen LogP contribution in [-0.4, -0.2) is 42.2 Å². The van der Waals surface area contributed by atoms with E-state index >= 15 is 0 Å². The maximum Gasteiger partial charge on any atom is 0.338 e. The first kappa shape index (κ1) is 24.2. The average molecular weight is 503 g/mol. The van der Waals surface area contributed by atoms with Gasteiger partial charge in [-0.1, -0.05) is 6.07 Å². The Morgan fingerprint density at radius 1 is 1.06 bits per heavy atom. The molecule has 9 nitrogen and oxygen atoms in total. The summed E-state index contributed by atoms with van der Waals surface area (Å²) < 4.78 is 41.5. The Balaban J connectivity index is 1.26. The van der Waals surface area contributed by atoms with Crippen LogP contribution < -0.4 is 10.0 Å². The quantitative estimate of drug-likeness (QED) is 0.451. The smallest absolute Gasteiger partial charge is 0.338 e. The van der Waals surface area contributed by atoms with E-state index in [0.29, 0.717) is 48.3 Å². The molecule has 1 aliphatic rings. The molecule has 1 saturated carbocycles. The number of carbonyl (C=O) groups is 2. The molecule has 1 amide bonds. The van der Waals surface area contributed by atoms with Crippen LogP contribution in [-0.2, 0) is 19.6 Å². The predicted molar refractivity (Wildman–Crippen MR) is 129 cm³/mol. The molecule has 1 aromatic heterocycles. The molecule has 11 heteroatoms. The first-order valence-electron chi connectivity index (χ1n) is 11.2. The van der Waals surface area contributed by atoms with Crippen LogP contribution in [0, 0.1) is 11.8 Å². The maximum absolute atomic E-state index is 12.8. The standard InChI is InChI=1S/C23H26N4O5S2/c1-2-32-23(29)17-10-12-18(13-11-17)25-22(28)16-8-6-15(7-9-16)14-24-34(30,31)20-5-3-4-19-21(20)27-33-26-19/h3-5,10-13,15-16,24H,2,6-9,14H2,1H3,(H,25,28). The van der Waals surface area contributed by atoms with Crippen molar-refractivity contribution >= 4 is 50.3 Å². The van der Waals surface area contributed by atoms with Crippen molar-refractivity contribution in [2.75, 3.05) is 18.5 Å². The highest BCUT2D eigenvalue weighted by Gasteiger charge is 2.28. The van der Waals surface area contributed by atoms with Crippen LogP contribution in [0.5, 0.6) is 0 Å². The van der Waals surface area contributed by atoms with E-state index in [9.17, 15) is 18.0 Å². The summed E-state index contributed by atoms with van der Waals surface area (Å²) >= 11 is 0.986. The van der Waals surface area contributed by atoms with Crippen LogP contribution in [0.25, 0.3) is 11.0 Å². The predicted octanol–water partition coefficient (Wildman–Crippen LogP) is 3.59. The van der Waals surface area contributed by atoms with E-state index in [1.807, 2.05) is 0 Å². The van der Waals surface area contributed by atoms with E-state index < -0.39 is 16.0 Å². The van der Waals surface area contributed by atoms with Crippen molar-refractivity contribution in [3.05, 3.63) is 48.0 Å². The fourth-order valence-corrected chi connectivity index (χ4v) is 5.96. The van der Waals surface area contributed by atoms with Crippen molar-refractivity contribution in [2.45, 2.75) is 37.5 Å². The summed E-state index contributed by atoms with van der Waals surface area (Å²) in [5.41, 5.74) is 2.01. The second-order valence-electron chi connectivity index (χ2n) is 8.24. The zero-order chi connectivity index (χ0) is 24.1. The maximum atomic E-state index is 12.8. The minimum absolute atomic E-state index is 0.0642. The van der Waals surface area contributed by atoms with Crippen molar-refractivity contribution in [3.63, 3.8) is 0 Å². The van der Waals surface area contributed by atoms with Crippen LogP contribution in [0.4, 0.5) is 5.69 Å². The van der Waals surface area contributed by atoms with Crippen molar-refractivity contribution < 1.29 is 22.7 Å². The first-order valence-corrected chi connectivity index (χ1v) is 13.4. The second kappa shape index (κ2) is 10.6. The Morgan fingerprint density at radius 3 is 2.50 bits per heavy atom. The summed E-state index contributed by atoms with van der Waals surface area (Å²) in [4.78, 5) is 24.5. The molecule has 34 heavy (non-hydrogen) atoms. The molecular weight excluding hydrogens is 476 g/mol. The van der Waals surface area contributed by atoms with Crippen molar-refractivity contribution in [2.24, 2.45) is 11.8 Å². The number of ether oxygens (including phenoxy) is 1. The van der Waals surface area contributed by atoms with Gasteiger partial charge in [0.25, 0.3) is 0 Å². The van der Waals surface area contributed by atoms with Gasteiger partial charge in [0.15, 0.2) is 0 Å². The highest BCUT2D eigenvalue weighted by atomic mass is 32.2. The van der Waals surface area contributed by atoms with Gasteiger partial charge in [-0.2, -0.15) is 8.75 Å². The van der Waals surface area contributed by atoms with Gasteiger partial charge in [-0.3, -0.25) is 4.79 Å². The van der Waals surface area contributed by atoms with Crippen LogP contribution in [0.2, 0.25) is 0 Å². The van der Waals surface area contributed by atoms with E-state index in [1.165, 1.54) is 6.07 Å². The number of amides is 1. The number of rotatable bonds is 8. The summed E-state index contributed by atoms with van der Waals surface area (Å²) in [6.45, 7) is 2.37. The third-order valence-corrected chi connectivity index (χ3v) is 7.98. The van der Waals surface area contributed by atoms with Crippen LogP contribution in [0.1, 0.15) is 43.0 Å². The summed E-state index contributed by atoms with van der Waals surface area (Å²) in [5.74, 6) is -0.428. The molecule has 0 aliphatic heterocycles. The van der Waals surface area contributed by atoms with Gasteiger partial charge in [0.05, 0.1) is 23.9 Å². The fourth-order valence-electron chi connectivity index (χ4n) is 4.08. The van der Waals surface area contributed by atoms with Gasteiger partial charge >= 0.3 is 5.97 Å². The molecular formula is C23H26N4O5S2. The number of hydrogen-bond donors (Lipinski definition) is 2. The van der Waals surface area contributed by atoms with Gasteiger partial charge in [-0.25, -0.2) is 17.9 Å². The normalized spacial score (nSPS) is 18.5. The fraction of sp³-hybridized carbons (Fsp3) is 0.391. The van der Waals surface area contributed by atoms with E-state index in [1.54, 1.807) is 43.3 Å². The van der Waals surface area contributed by atoms with Gasteiger partial charge in [0.1, 0.15) is 15.9 Å². The Kier molecular flexibility index (Phi) is 7.54. The van der Waals surface area contributed by atoms with Crippen LogP contribution >= 0.6 is 11.7 Å². The molecule has 0 atom stereocenters. The zero-order valence-electron chi connectivity index (χ0n) is 18.7. The molecule has 0 bridgehead atoms. The molecule has 3 aromatic rings. The lowest BCUT2D eigenvalue weighted by Crippen LogP contribution is -2.33. The lowest BCUT2D eigenvalue weighted by atomic mass is 9.81. The molecule has 1 heterocycles. The molecule has 1 aliphatic carbocycles. The van der Waals surface area contributed by atoms with E-state index in [2.05, 4.69) is 18.8 Å². The molecule has 0 radical (unpaired) electrons. The highest BCUT2D eigenvalue weighted by molar-refractivity contribution is 7.89. The minimum Gasteiger partial charge on any atom is -0.462 e. The molecule has 180 valence electrons. The third kappa shape index (κ3) is 5.60. The SMILES string of the molecule is CCOC(=O)c1ccc(NC(=O)C2CCC(CNS(=O)(=O)c3cccc4nsnc34)CC2)cc1. The number of aromatic nitrogens is 2. The molecule has 0 unspecified atom stereocenters. The Bertz CT molecular complexity index is 1270. The van der Waals surface area contributed by atoms with Gasteiger partial charge in [0, 0.05) is 18.2 Å². The largest absolute Gasteiger partial charge is 0.462 e. The van der Waals surface area contributed by atoms with Gasteiger partial charge in [-0.15, -0.1) is 0 Å². The molecule has 0 spiro atoms. The number of nitrogens with one attached hydrogen (secondary N) is 2. The molecule has 2 aromatic carbocycles. The first-order chi connectivity index (χ1) is 16.4. The monoisotopic (exact) mass is 502 g/mol.